The van der Waals surface area contributed by atoms with E-state index in [-0.39, 0.29) is 59.9 Å². The molecule has 0 unspecified atom stereocenters. The van der Waals surface area contributed by atoms with Gasteiger partial charge in [-0.3, -0.25) is 0 Å². The normalized spacial score (nSPS) is 14.4. The average molecular weight is 794 g/mol. The number of aromatic hydroxyl groups is 1. The molecule has 0 amide bonds. The highest BCUT2D eigenvalue weighted by atomic mass is 35.5. The van der Waals surface area contributed by atoms with Crippen LogP contribution in [0.4, 0.5) is 4.39 Å². The largest absolute Gasteiger partial charge is 0.506 e. The van der Waals surface area contributed by atoms with Gasteiger partial charge in [0.15, 0.2) is 11.6 Å². The van der Waals surface area contributed by atoms with Crippen molar-refractivity contribution in [1.82, 2.24) is 25.0 Å². The smallest absolute Gasteiger partial charge is 0.345 e. The maximum atomic E-state index is 14.0. The van der Waals surface area contributed by atoms with Crippen molar-refractivity contribution in [3.8, 4) is 56.1 Å². The number of para-hydroxylation sites is 1. The number of halogens is 2. The third-order valence-corrected chi connectivity index (χ3v) is 10.7. The quantitative estimate of drug-likeness (QED) is 0.0897. The molecule has 9 rings (SSSR count). The first-order chi connectivity index (χ1) is 27.2. The molecule has 0 fully saturated rings. The Morgan fingerprint density at radius 1 is 0.964 bits per heavy atom. The number of carboxylic acid groups (broad SMARTS) is 1. The van der Waals surface area contributed by atoms with Crippen LogP contribution in [-0.2, 0) is 30.9 Å². The van der Waals surface area contributed by atoms with Gasteiger partial charge in [0.05, 0.1) is 28.2 Å². The number of nitrogens with zero attached hydrogens (tertiary/aromatic N) is 5. The van der Waals surface area contributed by atoms with Gasteiger partial charge >= 0.3 is 5.97 Å². The maximum Gasteiger partial charge on any atom is 0.345 e. The molecular formula is C40H29ClFN5O8S. The van der Waals surface area contributed by atoms with E-state index in [1.807, 2.05) is 0 Å². The molecule has 16 heteroatoms. The van der Waals surface area contributed by atoms with Crippen molar-refractivity contribution in [3.63, 3.8) is 0 Å². The lowest BCUT2D eigenvalue weighted by Crippen LogP contribution is -2.30. The fraction of sp³-hybridized carbons (Fsp3) is 0.125. The Morgan fingerprint density at radius 2 is 1.79 bits per heavy atom. The van der Waals surface area contributed by atoms with E-state index < -0.39 is 17.9 Å². The SMILES string of the molecule is O=C(O)[C@H]1Cc2cc(ccc2OCc2ccnc(-c3ccccc3OO)n2)CN(O)Cc2ccc(c(O)c2Cl)-c2c(-c3ccc(F)cc3)sc3ncnc(c23)O1. The van der Waals surface area contributed by atoms with Gasteiger partial charge in [0.1, 0.15) is 35.1 Å². The lowest BCUT2D eigenvalue weighted by Gasteiger charge is -2.21. The van der Waals surface area contributed by atoms with Crippen LogP contribution in [0.2, 0.25) is 5.02 Å². The van der Waals surface area contributed by atoms with Gasteiger partial charge in [0.2, 0.25) is 12.0 Å². The Morgan fingerprint density at radius 3 is 2.59 bits per heavy atom. The second kappa shape index (κ2) is 15.5. The first-order valence-electron chi connectivity index (χ1n) is 17.0. The summed E-state index contributed by atoms with van der Waals surface area (Å²) in [5.74, 6) is -1.30. The maximum absolute atomic E-state index is 14.0. The number of fused-ring (bicyclic) bond motifs is 6. The van der Waals surface area contributed by atoms with Crippen LogP contribution >= 0.6 is 22.9 Å². The molecule has 0 spiro atoms. The van der Waals surface area contributed by atoms with E-state index >= 15 is 0 Å². The summed E-state index contributed by atoms with van der Waals surface area (Å²) in [6.07, 6.45) is 1.10. The summed E-state index contributed by atoms with van der Waals surface area (Å²) < 4.78 is 26.5. The third kappa shape index (κ3) is 7.28. The number of ether oxygens (including phenoxy) is 2. The van der Waals surface area contributed by atoms with Crippen molar-refractivity contribution in [3.05, 3.63) is 131 Å². The Hall–Kier alpha value is -6.23. The van der Waals surface area contributed by atoms with E-state index in [9.17, 15) is 29.9 Å². The van der Waals surface area contributed by atoms with E-state index in [1.54, 1.807) is 79.0 Å². The Balaban J connectivity index is 1.21. The second-order valence-electron chi connectivity index (χ2n) is 12.8. The number of aromatic nitrogens is 4. The summed E-state index contributed by atoms with van der Waals surface area (Å²) >= 11 is 7.98. The van der Waals surface area contributed by atoms with Crippen molar-refractivity contribution in [2.45, 2.75) is 32.2 Å². The number of aliphatic carboxylic acids is 1. The van der Waals surface area contributed by atoms with Crippen molar-refractivity contribution in [2.75, 3.05) is 0 Å². The zero-order chi connectivity index (χ0) is 38.9. The van der Waals surface area contributed by atoms with Crippen LogP contribution < -0.4 is 14.4 Å². The summed E-state index contributed by atoms with van der Waals surface area (Å²) in [6, 6.07) is 22.6. The summed E-state index contributed by atoms with van der Waals surface area (Å²) in [5, 5.41) is 43.9. The molecule has 0 radical (unpaired) electrons. The fourth-order valence-electron chi connectivity index (χ4n) is 6.49. The Kier molecular flexibility index (Phi) is 10.2. The van der Waals surface area contributed by atoms with Crippen LogP contribution in [0.1, 0.15) is 22.4 Å². The highest BCUT2D eigenvalue weighted by Gasteiger charge is 2.29. The van der Waals surface area contributed by atoms with Crippen molar-refractivity contribution in [2.24, 2.45) is 0 Å². The first kappa shape index (κ1) is 36.7. The lowest BCUT2D eigenvalue weighted by molar-refractivity contribution is -0.145. The number of hydrogen-bond donors (Lipinski definition) is 4. The molecule has 13 nitrogen and oxygen atoms in total. The number of carbonyl (C=O) groups is 1. The van der Waals surface area contributed by atoms with E-state index in [4.69, 9.17) is 21.1 Å². The van der Waals surface area contributed by atoms with Crippen LogP contribution in [0.25, 0.3) is 43.2 Å². The first-order valence-corrected chi connectivity index (χ1v) is 18.2. The number of hydrogen-bond acceptors (Lipinski definition) is 13. The molecule has 5 heterocycles. The minimum absolute atomic E-state index is 0.00223. The number of hydroxylamine groups is 2. The highest BCUT2D eigenvalue weighted by molar-refractivity contribution is 7.22. The van der Waals surface area contributed by atoms with Gasteiger partial charge < -0.3 is 29.8 Å². The predicted octanol–water partition coefficient (Wildman–Crippen LogP) is 8.19. The molecule has 0 saturated carbocycles. The van der Waals surface area contributed by atoms with Crippen LogP contribution in [-0.4, -0.2) is 57.7 Å². The molecule has 2 aliphatic heterocycles. The second-order valence-corrected chi connectivity index (χ2v) is 14.1. The molecule has 4 aromatic carbocycles. The Labute approximate surface area is 326 Å². The number of carboxylic acids is 1. The third-order valence-electron chi connectivity index (χ3n) is 9.12. The van der Waals surface area contributed by atoms with Gasteiger partial charge in [-0.1, -0.05) is 60.1 Å². The molecule has 282 valence electrons. The topological polar surface area (TPSA) is 180 Å². The monoisotopic (exact) mass is 793 g/mol. The molecule has 56 heavy (non-hydrogen) atoms. The molecular weight excluding hydrogens is 765 g/mol. The van der Waals surface area contributed by atoms with E-state index in [0.717, 1.165) is 5.06 Å². The minimum Gasteiger partial charge on any atom is -0.506 e. The number of phenolic OH excluding ortho intramolecular Hbond substituents is 1. The fourth-order valence-corrected chi connectivity index (χ4v) is 7.86. The van der Waals surface area contributed by atoms with Crippen LogP contribution in [0, 0.1) is 5.82 Å². The lowest BCUT2D eigenvalue weighted by atomic mass is 9.97. The van der Waals surface area contributed by atoms with E-state index in [0.29, 0.717) is 59.9 Å². The van der Waals surface area contributed by atoms with Gasteiger partial charge in [0, 0.05) is 35.2 Å². The molecule has 4 N–H and O–H groups in total. The number of rotatable bonds is 7. The van der Waals surface area contributed by atoms with Gasteiger partial charge in [-0.2, -0.15) is 5.06 Å². The zero-order valence-electron chi connectivity index (χ0n) is 29.0. The van der Waals surface area contributed by atoms with Gasteiger partial charge in [-0.05, 0) is 58.7 Å². The molecule has 1 atom stereocenters. The summed E-state index contributed by atoms with van der Waals surface area (Å²) in [5.41, 5.74) is 3.71. The zero-order valence-corrected chi connectivity index (χ0v) is 30.5. The molecule has 3 aromatic heterocycles. The van der Waals surface area contributed by atoms with Crippen LogP contribution in [0.15, 0.2) is 97.5 Å². The number of benzene rings is 4. The standard InChI is InChI=1S/C40H29ClFN5O8S/c41-34-23-8-11-28(35(34)48)32-33-38(44-20-45-39(33)56-36(32)22-6-9-25(42)10-7-22)54-31(40(49)50)16-24-15-21(17-47(51)18-23)5-12-29(24)53-19-26-13-14-43-37(46-26)27-3-1-2-4-30(27)55-52/h1-15,20,31,48,51-52H,16-19H2,(H,49,50)/t31-/m1/s1. The van der Waals surface area contributed by atoms with E-state index in [1.165, 1.54) is 29.8 Å². The molecule has 2 aliphatic rings. The summed E-state index contributed by atoms with van der Waals surface area (Å²) in [7, 11) is 0. The van der Waals surface area contributed by atoms with Crippen molar-refractivity contribution in [1.29, 1.82) is 0 Å². The van der Waals surface area contributed by atoms with Gasteiger partial charge in [0.25, 0.3) is 0 Å². The van der Waals surface area contributed by atoms with Crippen molar-refractivity contribution < 1.29 is 44.2 Å². The average Bonchev–Trinajstić information content (AvgIpc) is 3.59. The van der Waals surface area contributed by atoms with E-state index in [2.05, 4.69) is 24.8 Å². The number of phenols is 1. The molecule has 0 aliphatic carbocycles. The molecule has 7 aromatic rings. The summed E-state index contributed by atoms with van der Waals surface area (Å²) in [4.78, 5) is 36.1. The Bertz CT molecular complexity index is 2610. The van der Waals surface area contributed by atoms with Crippen molar-refractivity contribution >= 4 is 39.1 Å². The van der Waals surface area contributed by atoms with Crippen LogP contribution in [0.3, 0.4) is 0 Å². The number of thiophene rings is 1. The molecule has 0 saturated heterocycles. The highest BCUT2D eigenvalue weighted by Crippen LogP contribution is 2.51. The minimum atomic E-state index is -1.51. The van der Waals surface area contributed by atoms with Gasteiger partial charge in [-0.25, -0.2) is 34.4 Å². The molecule has 4 bridgehead atoms. The van der Waals surface area contributed by atoms with Gasteiger partial charge in [-0.15, -0.1) is 11.3 Å². The van der Waals surface area contributed by atoms with Crippen LogP contribution in [0.5, 0.6) is 23.1 Å². The summed E-state index contributed by atoms with van der Waals surface area (Å²) in [6.45, 7) is -0.100. The predicted molar refractivity (Wildman–Crippen MR) is 203 cm³/mol.